The van der Waals surface area contributed by atoms with Gasteiger partial charge in [-0.15, -0.1) is 0 Å². The molecule has 0 aliphatic heterocycles. The first-order valence-corrected chi connectivity index (χ1v) is 5.66. The Morgan fingerprint density at radius 2 is 2.11 bits per heavy atom. The fourth-order valence-corrected chi connectivity index (χ4v) is 1.67. The zero-order valence-corrected chi connectivity index (χ0v) is 10.7. The molecule has 0 atom stereocenters. The van der Waals surface area contributed by atoms with Gasteiger partial charge < -0.3 is 4.74 Å². The van der Waals surface area contributed by atoms with Crippen LogP contribution < -0.4 is 4.74 Å². The molecule has 0 saturated heterocycles. The molecule has 1 aromatic carbocycles. The van der Waals surface area contributed by atoms with Gasteiger partial charge in [0.2, 0.25) is 5.75 Å². The third-order valence-electron chi connectivity index (χ3n) is 2.12. The normalized spacial score (nSPS) is 10.3. The summed E-state index contributed by atoms with van der Waals surface area (Å²) in [5.74, 6) is -1.56. The van der Waals surface area contributed by atoms with Crippen LogP contribution in [0.5, 0.6) is 11.6 Å². The van der Waals surface area contributed by atoms with Crippen molar-refractivity contribution in [2.45, 2.75) is 0 Å². The van der Waals surface area contributed by atoms with Crippen LogP contribution in [0.15, 0.2) is 30.5 Å². The molecule has 19 heavy (non-hydrogen) atoms. The second-order valence-corrected chi connectivity index (χ2v) is 4.23. The second kappa shape index (κ2) is 5.38. The molecule has 8 heteroatoms. The molecule has 1 aromatic heterocycles. The molecule has 0 radical (unpaired) electrons. The van der Waals surface area contributed by atoms with Crippen LogP contribution in [0.1, 0.15) is 0 Å². The first kappa shape index (κ1) is 13.5. The van der Waals surface area contributed by atoms with E-state index in [9.17, 15) is 14.5 Å². The maximum Gasteiger partial charge on any atom is 0.313 e. The molecule has 98 valence electrons. The summed E-state index contributed by atoms with van der Waals surface area (Å²) in [5, 5.41) is 10.9. The Morgan fingerprint density at radius 1 is 1.37 bits per heavy atom. The van der Waals surface area contributed by atoms with Crippen molar-refractivity contribution >= 4 is 28.9 Å². The molecule has 0 spiro atoms. The fourth-order valence-electron chi connectivity index (χ4n) is 1.32. The molecule has 0 saturated carbocycles. The van der Waals surface area contributed by atoms with Crippen LogP contribution in [0, 0.1) is 15.9 Å². The number of ether oxygens (including phenoxy) is 1. The van der Waals surface area contributed by atoms with Gasteiger partial charge in [-0.3, -0.25) is 10.1 Å². The highest BCUT2D eigenvalue weighted by Crippen LogP contribution is 2.37. The zero-order chi connectivity index (χ0) is 14.0. The third kappa shape index (κ3) is 2.91. The van der Waals surface area contributed by atoms with Gasteiger partial charge in [0.05, 0.1) is 15.0 Å². The second-order valence-electron chi connectivity index (χ2n) is 3.39. The Morgan fingerprint density at radius 3 is 2.74 bits per heavy atom. The quantitative estimate of drug-likeness (QED) is 0.628. The number of nitrogens with zero attached hydrogens (tertiary/aromatic N) is 2. The third-order valence-corrected chi connectivity index (χ3v) is 2.62. The van der Waals surface area contributed by atoms with Gasteiger partial charge in [0.25, 0.3) is 5.88 Å². The highest BCUT2D eigenvalue weighted by atomic mass is 35.5. The number of rotatable bonds is 3. The minimum absolute atomic E-state index is 0.0228. The summed E-state index contributed by atoms with van der Waals surface area (Å²) in [7, 11) is 0. The van der Waals surface area contributed by atoms with Gasteiger partial charge in [0.1, 0.15) is 0 Å². The summed E-state index contributed by atoms with van der Waals surface area (Å²) in [4.78, 5) is 13.8. The predicted molar refractivity (Wildman–Crippen MR) is 67.4 cm³/mol. The first-order chi connectivity index (χ1) is 8.99. The number of para-hydroxylation sites is 1. The standard InChI is InChI=1S/C11H5Cl2FN2O3/c12-6-4-8(14)11(15-5-6)19-10-7(13)2-1-3-9(10)16(17)18/h1-5H. The van der Waals surface area contributed by atoms with E-state index in [0.717, 1.165) is 12.3 Å². The molecule has 1 heterocycles. The van der Waals surface area contributed by atoms with E-state index in [4.69, 9.17) is 27.9 Å². The number of nitro groups is 1. The van der Waals surface area contributed by atoms with Crippen molar-refractivity contribution in [2.75, 3.05) is 0 Å². The van der Waals surface area contributed by atoms with Crippen molar-refractivity contribution in [3.63, 3.8) is 0 Å². The molecular formula is C11H5Cl2FN2O3. The molecule has 2 aromatic rings. The Kier molecular flexibility index (Phi) is 3.82. The number of hydrogen-bond donors (Lipinski definition) is 0. The van der Waals surface area contributed by atoms with E-state index in [2.05, 4.69) is 4.98 Å². The summed E-state index contributed by atoms with van der Waals surface area (Å²) in [6.07, 6.45) is 1.16. The van der Waals surface area contributed by atoms with Crippen LogP contribution >= 0.6 is 23.2 Å². The summed E-state index contributed by atoms with van der Waals surface area (Å²) in [5.41, 5.74) is -0.386. The van der Waals surface area contributed by atoms with Gasteiger partial charge in [-0.2, -0.15) is 0 Å². The van der Waals surface area contributed by atoms with E-state index in [-0.39, 0.29) is 21.5 Å². The fraction of sp³-hybridized carbons (Fsp3) is 0. The minimum Gasteiger partial charge on any atom is -0.427 e. The number of nitro benzene ring substituents is 1. The van der Waals surface area contributed by atoms with Gasteiger partial charge in [0, 0.05) is 12.3 Å². The topological polar surface area (TPSA) is 65.3 Å². The van der Waals surface area contributed by atoms with Crippen molar-refractivity contribution in [3.8, 4) is 11.6 Å². The average molecular weight is 303 g/mol. The van der Waals surface area contributed by atoms with Crippen LogP contribution in [0.4, 0.5) is 10.1 Å². The number of hydrogen-bond acceptors (Lipinski definition) is 4. The average Bonchev–Trinajstić information content (AvgIpc) is 2.34. The highest BCUT2D eigenvalue weighted by Gasteiger charge is 2.21. The van der Waals surface area contributed by atoms with E-state index in [1.807, 2.05) is 0 Å². The SMILES string of the molecule is O=[N+]([O-])c1cccc(Cl)c1Oc1ncc(Cl)cc1F. The summed E-state index contributed by atoms with van der Waals surface area (Å²) in [6, 6.07) is 4.94. The summed E-state index contributed by atoms with van der Waals surface area (Å²) in [6.45, 7) is 0. The molecule has 0 N–H and O–H groups in total. The van der Waals surface area contributed by atoms with E-state index in [1.54, 1.807) is 0 Å². The molecule has 0 fully saturated rings. The lowest BCUT2D eigenvalue weighted by molar-refractivity contribution is -0.385. The Bertz CT molecular complexity index is 652. The first-order valence-electron chi connectivity index (χ1n) is 4.91. The maximum absolute atomic E-state index is 13.5. The zero-order valence-electron chi connectivity index (χ0n) is 9.14. The van der Waals surface area contributed by atoms with Crippen molar-refractivity contribution in [2.24, 2.45) is 0 Å². The Balaban J connectivity index is 2.46. The molecular weight excluding hydrogens is 298 g/mol. The van der Waals surface area contributed by atoms with Crippen LogP contribution in [-0.2, 0) is 0 Å². The highest BCUT2D eigenvalue weighted by molar-refractivity contribution is 6.32. The van der Waals surface area contributed by atoms with Crippen molar-refractivity contribution in [1.29, 1.82) is 0 Å². The molecule has 0 unspecified atom stereocenters. The smallest absolute Gasteiger partial charge is 0.313 e. The molecule has 0 bridgehead atoms. The van der Waals surface area contributed by atoms with Crippen molar-refractivity contribution in [1.82, 2.24) is 4.98 Å². The Labute approximate surface area is 116 Å². The van der Waals surface area contributed by atoms with E-state index in [0.29, 0.717) is 0 Å². The van der Waals surface area contributed by atoms with E-state index in [1.165, 1.54) is 18.2 Å². The van der Waals surface area contributed by atoms with E-state index >= 15 is 0 Å². The summed E-state index contributed by atoms with van der Waals surface area (Å²) < 4.78 is 18.6. The number of halogens is 3. The largest absolute Gasteiger partial charge is 0.427 e. The van der Waals surface area contributed by atoms with Gasteiger partial charge in [-0.25, -0.2) is 9.37 Å². The predicted octanol–water partition coefficient (Wildman–Crippen LogP) is 4.23. The van der Waals surface area contributed by atoms with Gasteiger partial charge in [0.15, 0.2) is 5.82 Å². The van der Waals surface area contributed by atoms with E-state index < -0.39 is 16.6 Å². The molecule has 5 nitrogen and oxygen atoms in total. The lowest BCUT2D eigenvalue weighted by atomic mass is 10.3. The number of pyridine rings is 1. The molecule has 0 amide bonds. The van der Waals surface area contributed by atoms with Gasteiger partial charge in [-0.05, 0) is 12.1 Å². The minimum atomic E-state index is -0.846. The van der Waals surface area contributed by atoms with Crippen LogP contribution in [0.3, 0.4) is 0 Å². The molecule has 0 aliphatic carbocycles. The maximum atomic E-state index is 13.5. The van der Waals surface area contributed by atoms with Gasteiger partial charge in [-0.1, -0.05) is 29.3 Å². The van der Waals surface area contributed by atoms with Crippen molar-refractivity contribution in [3.05, 3.63) is 56.4 Å². The molecule has 2 rings (SSSR count). The lowest BCUT2D eigenvalue weighted by Gasteiger charge is -2.07. The van der Waals surface area contributed by atoms with Crippen LogP contribution in [-0.4, -0.2) is 9.91 Å². The monoisotopic (exact) mass is 302 g/mol. The van der Waals surface area contributed by atoms with Crippen molar-refractivity contribution < 1.29 is 14.1 Å². The lowest BCUT2D eigenvalue weighted by Crippen LogP contribution is -1.97. The van der Waals surface area contributed by atoms with Gasteiger partial charge >= 0.3 is 5.69 Å². The number of benzene rings is 1. The summed E-state index contributed by atoms with van der Waals surface area (Å²) >= 11 is 11.3. The molecule has 0 aliphatic rings. The van der Waals surface area contributed by atoms with Crippen LogP contribution in [0.25, 0.3) is 0 Å². The number of aromatic nitrogens is 1. The Hall–Kier alpha value is -1.92. The van der Waals surface area contributed by atoms with Crippen LogP contribution in [0.2, 0.25) is 10.0 Å².